The molecular weight excluding hydrogens is 450 g/mol. The lowest BCUT2D eigenvalue weighted by Crippen LogP contribution is -2.49. The van der Waals surface area contributed by atoms with Crippen LogP contribution in [0.1, 0.15) is 51.4 Å². The second kappa shape index (κ2) is 22.4. The summed E-state index contributed by atoms with van der Waals surface area (Å²) in [6.45, 7) is 0.275. The fraction of sp³-hybridized carbons (Fsp3) is 0.593. The van der Waals surface area contributed by atoms with Gasteiger partial charge in [0.25, 0.3) is 0 Å². The molecule has 0 aromatic carbocycles. The van der Waals surface area contributed by atoms with Crippen molar-refractivity contribution in [2.45, 2.75) is 75.8 Å². The summed E-state index contributed by atoms with van der Waals surface area (Å²) in [5.74, 6) is -0.961. The maximum absolute atomic E-state index is 10.3. The molecule has 0 saturated carbocycles. The van der Waals surface area contributed by atoms with Crippen LogP contribution in [0.25, 0.3) is 0 Å². The molecule has 6 N–H and O–H groups in total. The van der Waals surface area contributed by atoms with Crippen LogP contribution in [0.15, 0.2) is 60.8 Å². The van der Waals surface area contributed by atoms with Gasteiger partial charge in [0.15, 0.2) is 0 Å². The van der Waals surface area contributed by atoms with Crippen LogP contribution < -0.4 is 0 Å². The van der Waals surface area contributed by atoms with Crippen LogP contribution in [0.2, 0.25) is 0 Å². The highest BCUT2D eigenvalue weighted by atomic mass is 16.4. The van der Waals surface area contributed by atoms with E-state index in [1.54, 1.807) is 12.2 Å². The molecule has 0 rings (SSSR count). The molecule has 0 spiro atoms. The van der Waals surface area contributed by atoms with E-state index in [0.717, 1.165) is 38.3 Å². The predicted molar refractivity (Wildman–Crippen MR) is 139 cm³/mol. The van der Waals surface area contributed by atoms with Crippen LogP contribution in [-0.4, -0.2) is 92.7 Å². The number of unbranched alkanes of at least 4 members (excludes halogenated alkanes) is 7. The molecular formula is C27H45NO7. The zero-order chi connectivity index (χ0) is 26.3. The Kier molecular flexibility index (Phi) is 21.1. The highest BCUT2D eigenvalue weighted by molar-refractivity contribution is 5.80. The quantitative estimate of drug-likeness (QED) is 0.0810. The summed E-state index contributed by atoms with van der Waals surface area (Å²) in [6.07, 6.45) is 21.1. The zero-order valence-electron chi connectivity index (χ0n) is 20.9. The van der Waals surface area contributed by atoms with E-state index in [4.69, 9.17) is 10.2 Å². The van der Waals surface area contributed by atoms with Crippen LogP contribution in [0.4, 0.5) is 0 Å². The van der Waals surface area contributed by atoms with E-state index < -0.39 is 37.0 Å². The van der Waals surface area contributed by atoms with Gasteiger partial charge in [-0.1, -0.05) is 86.8 Å². The van der Waals surface area contributed by atoms with Crippen molar-refractivity contribution >= 4 is 5.97 Å². The van der Waals surface area contributed by atoms with E-state index in [2.05, 4.69) is 6.08 Å². The fourth-order valence-corrected chi connectivity index (χ4v) is 3.31. The molecule has 4 atom stereocenters. The lowest BCUT2D eigenvalue weighted by atomic mass is 10.0. The number of likely N-dealkylation sites (N-methyl/N-ethyl adjacent to an activating group) is 1. The topological polar surface area (TPSA) is 142 Å². The summed E-state index contributed by atoms with van der Waals surface area (Å²) in [4.78, 5) is 12.2. The fourth-order valence-electron chi connectivity index (χ4n) is 3.31. The number of aliphatic hydroxyl groups excluding tert-OH is 5. The summed E-state index contributed by atoms with van der Waals surface area (Å²) in [7, 11) is 1.84. The van der Waals surface area contributed by atoms with E-state index in [1.165, 1.54) is 31.8 Å². The standard InChI is InChI=1S/C27H45NO7/c1-28(21-23(30)26(34)27(35)24(31)22-29)20-18-16-14-12-10-8-6-4-2-3-5-7-9-11-13-15-17-19-25(32)33/h2-3,5,7,9,11,13,15,17,19,23-24,26-27,29-31,34-35H,4,6,8,10,12,14,16,18,20-22H2,1H3,(H,32,33)/t23-,24+,26+,27+/m0/s1. The van der Waals surface area contributed by atoms with Crippen molar-refractivity contribution in [2.24, 2.45) is 0 Å². The lowest BCUT2D eigenvalue weighted by molar-refractivity contribution is -0.131. The van der Waals surface area contributed by atoms with E-state index >= 15 is 0 Å². The molecule has 0 aromatic rings. The molecule has 200 valence electrons. The first-order chi connectivity index (χ1) is 16.8. The number of allylic oxidation sites excluding steroid dienone is 9. The maximum Gasteiger partial charge on any atom is 0.328 e. The van der Waals surface area contributed by atoms with Crippen molar-refractivity contribution < 1.29 is 35.4 Å². The highest BCUT2D eigenvalue weighted by Crippen LogP contribution is 2.10. The van der Waals surface area contributed by atoms with Crippen molar-refractivity contribution in [3.8, 4) is 0 Å². The van der Waals surface area contributed by atoms with Crippen LogP contribution in [-0.2, 0) is 4.79 Å². The predicted octanol–water partition coefficient (Wildman–Crippen LogP) is 2.34. The van der Waals surface area contributed by atoms with Crippen LogP contribution in [0, 0.1) is 0 Å². The van der Waals surface area contributed by atoms with Gasteiger partial charge < -0.3 is 35.5 Å². The second-order valence-corrected chi connectivity index (χ2v) is 8.60. The van der Waals surface area contributed by atoms with Gasteiger partial charge in [0.05, 0.1) is 12.7 Å². The molecule has 8 nitrogen and oxygen atoms in total. The van der Waals surface area contributed by atoms with Crippen LogP contribution in [0.3, 0.4) is 0 Å². The van der Waals surface area contributed by atoms with Crippen LogP contribution in [0.5, 0.6) is 0 Å². The average molecular weight is 496 g/mol. The number of carbonyl (C=O) groups is 1. The Morgan fingerprint density at radius 3 is 1.77 bits per heavy atom. The first-order valence-corrected chi connectivity index (χ1v) is 12.4. The van der Waals surface area contributed by atoms with Gasteiger partial charge in [-0.25, -0.2) is 4.79 Å². The van der Waals surface area contributed by atoms with Crippen molar-refractivity contribution in [3.05, 3.63) is 60.8 Å². The normalized spacial score (nSPS) is 16.4. The van der Waals surface area contributed by atoms with Gasteiger partial charge in [-0.3, -0.25) is 0 Å². The van der Waals surface area contributed by atoms with Gasteiger partial charge in [0.2, 0.25) is 0 Å². The van der Waals surface area contributed by atoms with E-state index in [1.807, 2.05) is 42.3 Å². The minimum Gasteiger partial charge on any atom is -0.478 e. The van der Waals surface area contributed by atoms with E-state index in [0.29, 0.717) is 0 Å². The first-order valence-electron chi connectivity index (χ1n) is 12.4. The SMILES string of the molecule is CN(CCCCCCCCCC=CC=CC=CC=CC=CC(=O)O)C[C@H](O)[C@@H](O)[C@H](O)[C@H](O)CO. The van der Waals surface area contributed by atoms with E-state index in [-0.39, 0.29) is 6.54 Å². The molecule has 0 amide bonds. The molecule has 0 heterocycles. The monoisotopic (exact) mass is 495 g/mol. The number of hydrogen-bond acceptors (Lipinski definition) is 7. The van der Waals surface area contributed by atoms with Gasteiger partial charge in [-0.2, -0.15) is 0 Å². The number of carboxylic acid groups (broad SMARTS) is 1. The smallest absolute Gasteiger partial charge is 0.328 e. The molecule has 0 radical (unpaired) electrons. The molecule has 0 aromatic heterocycles. The first kappa shape index (κ1) is 32.9. The summed E-state index contributed by atoms with van der Waals surface area (Å²) < 4.78 is 0. The third-order valence-corrected chi connectivity index (χ3v) is 5.39. The molecule has 8 heteroatoms. The third-order valence-electron chi connectivity index (χ3n) is 5.39. The molecule has 0 aliphatic rings. The minimum absolute atomic E-state index is 0.179. The van der Waals surface area contributed by atoms with Crippen molar-refractivity contribution in [1.82, 2.24) is 4.90 Å². The van der Waals surface area contributed by atoms with Crippen molar-refractivity contribution in [2.75, 3.05) is 26.7 Å². The Labute approximate surface area is 209 Å². The minimum atomic E-state index is -1.58. The molecule has 0 bridgehead atoms. The van der Waals surface area contributed by atoms with Crippen molar-refractivity contribution in [1.29, 1.82) is 0 Å². The van der Waals surface area contributed by atoms with Crippen molar-refractivity contribution in [3.63, 3.8) is 0 Å². The Bertz CT molecular complexity index is 672. The van der Waals surface area contributed by atoms with Gasteiger partial charge in [-0.05, 0) is 32.9 Å². The van der Waals surface area contributed by atoms with Crippen LogP contribution >= 0.6 is 0 Å². The Balaban J connectivity index is 3.67. The molecule has 0 saturated heterocycles. The maximum atomic E-state index is 10.3. The number of hydrogen-bond donors (Lipinski definition) is 6. The van der Waals surface area contributed by atoms with Gasteiger partial charge in [0.1, 0.15) is 18.3 Å². The average Bonchev–Trinajstić information content (AvgIpc) is 2.83. The summed E-state index contributed by atoms with van der Waals surface area (Å²) in [5.41, 5.74) is 0. The second-order valence-electron chi connectivity index (χ2n) is 8.60. The summed E-state index contributed by atoms with van der Waals surface area (Å²) in [5, 5.41) is 56.1. The van der Waals surface area contributed by atoms with Gasteiger partial charge >= 0.3 is 5.97 Å². The molecule has 0 aliphatic heterocycles. The summed E-state index contributed by atoms with van der Waals surface area (Å²) in [6, 6.07) is 0. The number of aliphatic carboxylic acids is 1. The number of aliphatic hydroxyl groups is 5. The Hall–Kier alpha value is -2.07. The Morgan fingerprint density at radius 1 is 0.714 bits per heavy atom. The largest absolute Gasteiger partial charge is 0.478 e. The summed E-state index contributed by atoms with van der Waals surface area (Å²) >= 11 is 0. The number of nitrogens with zero attached hydrogens (tertiary/aromatic N) is 1. The highest BCUT2D eigenvalue weighted by Gasteiger charge is 2.30. The lowest BCUT2D eigenvalue weighted by Gasteiger charge is -2.28. The molecule has 35 heavy (non-hydrogen) atoms. The number of carboxylic acids is 1. The van der Waals surface area contributed by atoms with E-state index in [9.17, 15) is 25.2 Å². The molecule has 0 aliphatic carbocycles. The molecule has 0 unspecified atom stereocenters. The molecule has 0 fully saturated rings. The van der Waals surface area contributed by atoms with Gasteiger partial charge in [0, 0.05) is 12.6 Å². The van der Waals surface area contributed by atoms with Gasteiger partial charge in [-0.15, -0.1) is 0 Å². The number of rotatable bonds is 21. The Morgan fingerprint density at radius 2 is 1.20 bits per heavy atom. The third kappa shape index (κ3) is 19.9. The zero-order valence-corrected chi connectivity index (χ0v) is 20.9.